The second-order valence-electron chi connectivity index (χ2n) is 8.43. The topological polar surface area (TPSA) is 72.1 Å². The highest BCUT2D eigenvalue weighted by molar-refractivity contribution is 5.87. The third-order valence-electron chi connectivity index (χ3n) is 6.15. The fourth-order valence-electron chi connectivity index (χ4n) is 4.25. The van der Waals surface area contributed by atoms with Gasteiger partial charge in [0.25, 0.3) is 0 Å². The lowest BCUT2D eigenvalue weighted by molar-refractivity contribution is -0.152. The van der Waals surface area contributed by atoms with Gasteiger partial charge >= 0.3 is 6.18 Å². The zero-order valence-corrected chi connectivity index (χ0v) is 20.6. The summed E-state index contributed by atoms with van der Waals surface area (Å²) >= 11 is 0. The molecule has 1 N–H and O–H groups in total. The van der Waals surface area contributed by atoms with E-state index in [9.17, 15) is 23.1 Å². The first-order chi connectivity index (χ1) is 17.7. The Kier molecular flexibility index (Phi) is 7.45. The van der Waals surface area contributed by atoms with Crippen molar-refractivity contribution in [1.82, 2.24) is 4.90 Å². The number of fused-ring (bicyclic) bond motifs is 1. The minimum absolute atomic E-state index is 0.0329. The molecule has 0 aliphatic heterocycles. The lowest BCUT2D eigenvalue weighted by Gasteiger charge is -2.22. The molecule has 0 atom stereocenters. The van der Waals surface area contributed by atoms with Crippen LogP contribution in [0.1, 0.15) is 23.8 Å². The van der Waals surface area contributed by atoms with Crippen molar-refractivity contribution in [1.29, 1.82) is 0 Å². The number of hydrogen-bond acceptors (Lipinski definition) is 6. The molecule has 0 amide bonds. The number of phenols is 1. The summed E-state index contributed by atoms with van der Waals surface area (Å²) in [6.07, 6.45) is -4.98. The number of alkyl halides is 3. The first-order valence-electron chi connectivity index (χ1n) is 11.5. The summed E-state index contributed by atoms with van der Waals surface area (Å²) in [4.78, 5) is 15.5. The van der Waals surface area contributed by atoms with E-state index in [2.05, 4.69) is 0 Å². The predicted molar refractivity (Wildman–Crippen MR) is 134 cm³/mol. The molecular weight excluding hydrogens is 487 g/mol. The van der Waals surface area contributed by atoms with Gasteiger partial charge in [0, 0.05) is 13.1 Å². The molecule has 0 saturated carbocycles. The van der Waals surface area contributed by atoms with Crippen LogP contribution < -0.4 is 14.9 Å². The van der Waals surface area contributed by atoms with Crippen LogP contribution in [0.5, 0.6) is 17.2 Å². The number of ether oxygens (including phenoxy) is 2. The molecule has 3 aromatic carbocycles. The highest BCUT2D eigenvalue weighted by Crippen LogP contribution is 2.41. The van der Waals surface area contributed by atoms with Crippen molar-refractivity contribution in [3.8, 4) is 28.4 Å². The molecule has 0 aliphatic rings. The summed E-state index contributed by atoms with van der Waals surface area (Å²) in [6.45, 7) is 3.01. The van der Waals surface area contributed by atoms with Gasteiger partial charge in [-0.1, -0.05) is 43.3 Å². The van der Waals surface area contributed by atoms with Crippen LogP contribution in [-0.2, 0) is 19.3 Å². The third-order valence-corrected chi connectivity index (χ3v) is 6.15. The lowest BCUT2D eigenvalue weighted by atomic mass is 9.99. The fraction of sp³-hybridized carbons (Fsp3) is 0.250. The Labute approximate surface area is 211 Å². The Morgan fingerprint density at radius 1 is 0.946 bits per heavy atom. The fourth-order valence-corrected chi connectivity index (χ4v) is 4.25. The molecule has 194 valence electrons. The third kappa shape index (κ3) is 5.27. The van der Waals surface area contributed by atoms with E-state index in [0.717, 1.165) is 5.56 Å². The van der Waals surface area contributed by atoms with Gasteiger partial charge in [-0.05, 0) is 41.9 Å². The van der Waals surface area contributed by atoms with Crippen molar-refractivity contribution in [3.05, 3.63) is 87.8 Å². The zero-order valence-electron chi connectivity index (χ0n) is 20.6. The van der Waals surface area contributed by atoms with Gasteiger partial charge in [0.1, 0.15) is 11.3 Å². The van der Waals surface area contributed by atoms with Crippen molar-refractivity contribution in [2.75, 3.05) is 20.8 Å². The summed E-state index contributed by atoms with van der Waals surface area (Å²) in [5.41, 5.74) is -0.737. The van der Waals surface area contributed by atoms with Gasteiger partial charge in [-0.25, -0.2) is 0 Å². The number of rotatable bonds is 8. The molecule has 0 radical (unpaired) electrons. The van der Waals surface area contributed by atoms with Gasteiger partial charge in [-0.2, -0.15) is 13.2 Å². The van der Waals surface area contributed by atoms with Crippen molar-refractivity contribution in [3.63, 3.8) is 0 Å². The lowest BCUT2D eigenvalue weighted by Crippen LogP contribution is -2.23. The second-order valence-corrected chi connectivity index (χ2v) is 8.43. The van der Waals surface area contributed by atoms with E-state index in [0.29, 0.717) is 18.8 Å². The number of phenolic OH excluding ortho intramolecular Hbond substituents is 1. The summed E-state index contributed by atoms with van der Waals surface area (Å²) in [6, 6.07) is 16.2. The Morgan fingerprint density at radius 2 is 1.65 bits per heavy atom. The number of aromatic hydroxyl groups is 1. The number of methoxy groups -OCH3 is 2. The van der Waals surface area contributed by atoms with Gasteiger partial charge in [-0.3, -0.25) is 9.69 Å². The monoisotopic (exact) mass is 513 g/mol. The van der Waals surface area contributed by atoms with E-state index in [1.165, 1.54) is 44.6 Å². The number of hydrogen-bond donors (Lipinski definition) is 1. The maximum Gasteiger partial charge on any atom is 0.450 e. The van der Waals surface area contributed by atoms with Crippen LogP contribution in [0.25, 0.3) is 22.1 Å². The molecule has 6 nitrogen and oxygen atoms in total. The van der Waals surface area contributed by atoms with E-state index in [1.54, 1.807) is 0 Å². The van der Waals surface area contributed by atoms with Crippen molar-refractivity contribution in [2.24, 2.45) is 0 Å². The summed E-state index contributed by atoms with van der Waals surface area (Å²) in [5, 5.41) is 10.5. The largest absolute Gasteiger partial charge is 0.507 e. The van der Waals surface area contributed by atoms with Crippen molar-refractivity contribution >= 4 is 11.0 Å². The van der Waals surface area contributed by atoms with Crippen LogP contribution in [0.15, 0.2) is 69.9 Å². The summed E-state index contributed by atoms with van der Waals surface area (Å²) < 4.78 is 58.6. The molecule has 0 saturated heterocycles. The first kappa shape index (κ1) is 26.1. The second kappa shape index (κ2) is 10.6. The molecule has 0 aliphatic carbocycles. The average Bonchev–Trinajstić information content (AvgIpc) is 2.89. The van der Waals surface area contributed by atoms with Gasteiger partial charge in [-0.15, -0.1) is 0 Å². The highest BCUT2D eigenvalue weighted by atomic mass is 19.4. The minimum atomic E-state index is -4.98. The molecule has 0 fully saturated rings. The number of benzene rings is 3. The molecule has 0 bridgehead atoms. The van der Waals surface area contributed by atoms with E-state index in [-0.39, 0.29) is 40.1 Å². The van der Waals surface area contributed by atoms with Gasteiger partial charge in [0.15, 0.2) is 11.5 Å². The van der Waals surface area contributed by atoms with Crippen LogP contribution in [0, 0.1) is 0 Å². The standard InChI is InChI=1S/C28H26F3NO5/c1-4-32(15-17-8-6-5-7-9-17)16-20-21(33)12-11-19-25(34)24(27(28(29,30)31)37-26(19)20)18-10-13-22(35-2)23(14-18)36-3/h5-14,33H,4,15-16H2,1-3H3. The van der Waals surface area contributed by atoms with Gasteiger partial charge in [0.05, 0.1) is 30.7 Å². The molecule has 4 aromatic rings. The predicted octanol–water partition coefficient (Wildman–Crippen LogP) is 6.22. The van der Waals surface area contributed by atoms with E-state index < -0.39 is 22.9 Å². The SMILES string of the molecule is CCN(Cc1ccccc1)Cc1c(O)ccc2c(=O)c(-c3ccc(OC)c(OC)c3)c(C(F)(F)F)oc12. The van der Waals surface area contributed by atoms with Crippen molar-refractivity contribution < 1.29 is 32.2 Å². The molecule has 0 spiro atoms. The Balaban J connectivity index is 1.90. The zero-order chi connectivity index (χ0) is 26.7. The molecule has 0 unspecified atom stereocenters. The van der Waals surface area contributed by atoms with Crippen LogP contribution in [0.2, 0.25) is 0 Å². The normalized spacial score (nSPS) is 11.8. The molecule has 9 heteroatoms. The first-order valence-corrected chi connectivity index (χ1v) is 11.5. The Hall–Kier alpha value is -3.98. The van der Waals surface area contributed by atoms with Gasteiger partial charge < -0.3 is 19.0 Å². The molecular formula is C28H26F3NO5. The number of halogens is 3. The Bertz CT molecular complexity index is 1470. The molecule has 1 heterocycles. The maximum absolute atomic E-state index is 14.3. The maximum atomic E-state index is 14.3. The van der Waals surface area contributed by atoms with Crippen LogP contribution >= 0.6 is 0 Å². The van der Waals surface area contributed by atoms with Crippen LogP contribution in [0.3, 0.4) is 0 Å². The van der Waals surface area contributed by atoms with E-state index in [4.69, 9.17) is 13.9 Å². The van der Waals surface area contributed by atoms with E-state index in [1.807, 2.05) is 42.2 Å². The van der Waals surface area contributed by atoms with E-state index >= 15 is 0 Å². The average molecular weight is 514 g/mol. The quantitative estimate of drug-likeness (QED) is 0.302. The molecule has 37 heavy (non-hydrogen) atoms. The number of nitrogens with zero attached hydrogens (tertiary/aromatic N) is 1. The highest BCUT2D eigenvalue weighted by Gasteiger charge is 2.40. The molecule has 1 aromatic heterocycles. The minimum Gasteiger partial charge on any atom is -0.507 e. The van der Waals surface area contributed by atoms with Crippen LogP contribution in [-0.4, -0.2) is 30.8 Å². The van der Waals surface area contributed by atoms with Crippen molar-refractivity contribution in [2.45, 2.75) is 26.2 Å². The summed E-state index contributed by atoms with van der Waals surface area (Å²) in [7, 11) is 2.74. The Morgan fingerprint density at radius 3 is 2.27 bits per heavy atom. The van der Waals surface area contributed by atoms with Crippen LogP contribution in [0.4, 0.5) is 13.2 Å². The molecule has 4 rings (SSSR count). The smallest absolute Gasteiger partial charge is 0.450 e. The van der Waals surface area contributed by atoms with Gasteiger partial charge in [0.2, 0.25) is 11.2 Å². The summed E-state index contributed by atoms with van der Waals surface area (Å²) in [5.74, 6) is -1.24.